The van der Waals surface area contributed by atoms with Crippen LogP contribution in [-0.4, -0.2) is 23.5 Å². The van der Waals surface area contributed by atoms with Crippen molar-refractivity contribution in [1.29, 1.82) is 0 Å². The molecule has 2 aromatic rings. The molecule has 1 unspecified atom stereocenters. The minimum atomic E-state index is -3.70. The Kier molecular flexibility index (Phi) is 2.79. The van der Waals surface area contributed by atoms with Crippen LogP contribution < -0.4 is 5.32 Å². The van der Waals surface area contributed by atoms with Crippen molar-refractivity contribution in [1.82, 2.24) is 3.97 Å². The number of nitrogens with zero attached hydrogens (tertiary/aromatic N) is 1. The van der Waals surface area contributed by atoms with Gasteiger partial charge in [-0.05, 0) is 24.3 Å². The van der Waals surface area contributed by atoms with E-state index in [9.17, 15) is 13.2 Å². The van der Waals surface area contributed by atoms with Crippen molar-refractivity contribution in [2.24, 2.45) is 0 Å². The van der Waals surface area contributed by atoms with Crippen LogP contribution in [-0.2, 0) is 14.8 Å². The Morgan fingerprint density at radius 3 is 2.75 bits per heavy atom. The van der Waals surface area contributed by atoms with Gasteiger partial charge >= 0.3 is 5.97 Å². The maximum atomic E-state index is 12.6. The normalized spacial score (nSPS) is 19.3. The van der Waals surface area contributed by atoms with E-state index in [2.05, 4.69) is 5.32 Å². The van der Waals surface area contributed by atoms with Gasteiger partial charge in [0, 0.05) is 6.20 Å². The Hall–Kier alpha value is -2.28. The maximum absolute atomic E-state index is 12.6. The molecule has 7 heteroatoms. The number of benzene rings is 1. The highest BCUT2D eigenvalue weighted by molar-refractivity contribution is 7.90. The summed E-state index contributed by atoms with van der Waals surface area (Å²) >= 11 is 0. The summed E-state index contributed by atoms with van der Waals surface area (Å²) < 4.78 is 26.3. The van der Waals surface area contributed by atoms with Crippen LogP contribution in [0.25, 0.3) is 0 Å². The first-order chi connectivity index (χ1) is 9.50. The first-order valence-electron chi connectivity index (χ1n) is 6.00. The van der Waals surface area contributed by atoms with Crippen LogP contribution in [0.4, 0.5) is 5.69 Å². The number of anilines is 1. The molecular weight excluding hydrogens is 280 g/mol. The Morgan fingerprint density at radius 2 is 2.00 bits per heavy atom. The van der Waals surface area contributed by atoms with E-state index in [0.29, 0.717) is 11.4 Å². The molecule has 2 N–H and O–H groups in total. The number of rotatable bonds is 2. The summed E-state index contributed by atoms with van der Waals surface area (Å²) in [6.45, 7) is 0. The quantitative estimate of drug-likeness (QED) is 0.879. The van der Waals surface area contributed by atoms with Crippen molar-refractivity contribution in [2.75, 3.05) is 5.32 Å². The van der Waals surface area contributed by atoms with E-state index in [4.69, 9.17) is 5.11 Å². The summed E-state index contributed by atoms with van der Waals surface area (Å²) in [6, 6.07) is 9.10. The highest BCUT2D eigenvalue weighted by Gasteiger charge is 2.31. The van der Waals surface area contributed by atoms with E-state index in [1.807, 2.05) is 0 Å². The lowest BCUT2D eigenvalue weighted by molar-refractivity contribution is -0.137. The molecule has 2 heterocycles. The molecule has 1 aliphatic heterocycles. The number of hydrogen-bond acceptors (Lipinski definition) is 4. The van der Waals surface area contributed by atoms with Gasteiger partial charge in [0.2, 0.25) is 0 Å². The predicted molar refractivity (Wildman–Crippen MR) is 72.1 cm³/mol. The van der Waals surface area contributed by atoms with Crippen molar-refractivity contribution in [3.05, 3.63) is 48.3 Å². The van der Waals surface area contributed by atoms with Crippen molar-refractivity contribution < 1.29 is 18.3 Å². The number of aliphatic carboxylic acids is 1. The number of fused-ring (bicyclic) bond motifs is 2. The summed E-state index contributed by atoms with van der Waals surface area (Å²) in [6.07, 6.45) is 1.23. The highest BCUT2D eigenvalue weighted by atomic mass is 32.2. The van der Waals surface area contributed by atoms with Gasteiger partial charge in [0.05, 0.1) is 23.8 Å². The summed E-state index contributed by atoms with van der Waals surface area (Å²) in [7, 11) is -3.70. The average Bonchev–Trinajstić information content (AvgIpc) is 2.85. The molecule has 1 aromatic heterocycles. The second-order valence-electron chi connectivity index (χ2n) is 4.52. The molecule has 1 aromatic carbocycles. The lowest BCUT2D eigenvalue weighted by Crippen LogP contribution is -2.17. The minimum absolute atomic E-state index is 0.144. The van der Waals surface area contributed by atoms with Crippen LogP contribution in [0.5, 0.6) is 0 Å². The molecule has 1 atom stereocenters. The zero-order valence-corrected chi connectivity index (χ0v) is 11.2. The summed E-state index contributed by atoms with van der Waals surface area (Å²) in [5, 5.41) is 12.0. The molecule has 0 radical (unpaired) electrons. The van der Waals surface area contributed by atoms with Gasteiger partial charge in [0.15, 0.2) is 0 Å². The number of carbonyl (C=O) groups is 1. The van der Waals surface area contributed by atoms with E-state index < -0.39 is 22.0 Å². The molecule has 0 spiro atoms. The third-order valence-electron chi connectivity index (χ3n) is 3.23. The molecule has 0 bridgehead atoms. The lowest BCUT2D eigenvalue weighted by Gasteiger charge is -2.15. The predicted octanol–water partition coefficient (Wildman–Crippen LogP) is 1.67. The third kappa shape index (κ3) is 1.87. The second-order valence-corrected chi connectivity index (χ2v) is 6.31. The standard InChI is InChI=1S/C13H12N2O4S/c16-13(17)8-10-11-5-3-7-15(11)20(18,19)12-6-2-1-4-9(12)14-10/h1-7,10,14H,8H2,(H,16,17). The SMILES string of the molecule is O=C(O)CC1Nc2ccccc2S(=O)(=O)n2cccc21. The zero-order valence-electron chi connectivity index (χ0n) is 10.4. The van der Waals surface area contributed by atoms with Gasteiger partial charge in [-0.3, -0.25) is 4.79 Å². The van der Waals surface area contributed by atoms with E-state index in [1.54, 1.807) is 30.3 Å². The lowest BCUT2D eigenvalue weighted by atomic mass is 10.1. The third-order valence-corrected chi connectivity index (χ3v) is 4.99. The molecular formula is C13H12N2O4S. The monoisotopic (exact) mass is 292 g/mol. The number of carboxylic acids is 1. The van der Waals surface area contributed by atoms with E-state index >= 15 is 0 Å². The first-order valence-corrected chi connectivity index (χ1v) is 7.44. The van der Waals surface area contributed by atoms with Gasteiger partial charge in [0.25, 0.3) is 10.0 Å². The Balaban J connectivity index is 2.25. The Labute approximate surface area is 115 Å². The number of para-hydroxylation sites is 1. The smallest absolute Gasteiger partial charge is 0.305 e. The number of aromatic nitrogens is 1. The fraction of sp³-hybridized carbons (Fsp3) is 0.154. The van der Waals surface area contributed by atoms with Crippen LogP contribution in [0.15, 0.2) is 47.5 Å². The summed E-state index contributed by atoms with van der Waals surface area (Å²) in [5.74, 6) is -0.993. The summed E-state index contributed by atoms with van der Waals surface area (Å²) in [4.78, 5) is 11.1. The van der Waals surface area contributed by atoms with Crippen LogP contribution in [0, 0.1) is 0 Å². The number of nitrogens with one attached hydrogen (secondary N) is 1. The van der Waals surface area contributed by atoms with E-state index in [0.717, 1.165) is 3.97 Å². The number of hydrogen-bond donors (Lipinski definition) is 2. The largest absolute Gasteiger partial charge is 0.481 e. The molecule has 3 rings (SSSR count). The topological polar surface area (TPSA) is 88.4 Å². The molecule has 0 amide bonds. The molecule has 0 fully saturated rings. The van der Waals surface area contributed by atoms with Crippen LogP contribution in [0.2, 0.25) is 0 Å². The van der Waals surface area contributed by atoms with Gasteiger partial charge in [-0.25, -0.2) is 12.4 Å². The average molecular weight is 292 g/mol. The van der Waals surface area contributed by atoms with Gasteiger partial charge in [0.1, 0.15) is 4.90 Å². The number of carboxylic acid groups (broad SMARTS) is 1. The fourth-order valence-corrected chi connectivity index (χ4v) is 3.94. The summed E-state index contributed by atoms with van der Waals surface area (Å²) in [5.41, 5.74) is 0.839. The molecule has 0 aliphatic carbocycles. The van der Waals surface area contributed by atoms with Gasteiger partial charge in [-0.2, -0.15) is 0 Å². The highest BCUT2D eigenvalue weighted by Crippen LogP contribution is 2.34. The molecule has 104 valence electrons. The van der Waals surface area contributed by atoms with E-state index in [1.165, 1.54) is 12.3 Å². The van der Waals surface area contributed by atoms with E-state index in [-0.39, 0.29) is 11.3 Å². The molecule has 1 aliphatic rings. The molecule has 0 saturated carbocycles. The first kappa shape index (κ1) is 12.7. The maximum Gasteiger partial charge on any atom is 0.305 e. The van der Waals surface area contributed by atoms with Crippen molar-refractivity contribution in [2.45, 2.75) is 17.4 Å². The van der Waals surface area contributed by atoms with Crippen molar-refractivity contribution in [3.63, 3.8) is 0 Å². The van der Waals surface area contributed by atoms with Crippen LogP contribution in [0.3, 0.4) is 0 Å². The van der Waals surface area contributed by atoms with Crippen molar-refractivity contribution >= 4 is 21.7 Å². The zero-order chi connectivity index (χ0) is 14.3. The minimum Gasteiger partial charge on any atom is -0.481 e. The molecule has 6 nitrogen and oxygen atoms in total. The van der Waals surface area contributed by atoms with Gasteiger partial charge < -0.3 is 10.4 Å². The molecule has 0 saturated heterocycles. The van der Waals surface area contributed by atoms with Gasteiger partial charge in [-0.1, -0.05) is 12.1 Å². The Morgan fingerprint density at radius 1 is 1.25 bits per heavy atom. The Bertz CT molecular complexity index is 779. The van der Waals surface area contributed by atoms with Crippen molar-refractivity contribution in [3.8, 4) is 0 Å². The molecule has 20 heavy (non-hydrogen) atoms. The van der Waals surface area contributed by atoms with Crippen LogP contribution >= 0.6 is 0 Å². The van der Waals surface area contributed by atoms with Gasteiger partial charge in [-0.15, -0.1) is 0 Å². The van der Waals surface area contributed by atoms with Crippen LogP contribution in [0.1, 0.15) is 18.2 Å². The fourth-order valence-electron chi connectivity index (χ4n) is 2.38. The second kappa shape index (κ2) is 4.38.